The first-order valence-corrected chi connectivity index (χ1v) is 14.9. The molecule has 3 heterocycles. The maximum Gasteiger partial charge on any atom is 0.314 e. The molecule has 2 aromatic heterocycles. The number of fused-ring (bicyclic) bond motifs is 1. The minimum atomic E-state index is -0.422. The number of carbonyl (C=O) groups is 2. The van der Waals surface area contributed by atoms with E-state index < -0.39 is 5.92 Å². The third-order valence-corrected chi connectivity index (χ3v) is 9.16. The summed E-state index contributed by atoms with van der Waals surface area (Å²) < 4.78 is 7.50. The van der Waals surface area contributed by atoms with Crippen LogP contribution >= 0.6 is 0 Å². The second kappa shape index (κ2) is 12.9. The summed E-state index contributed by atoms with van der Waals surface area (Å²) in [6, 6.07) is 12.0. The molecule has 0 radical (unpaired) electrons. The molecule has 3 aromatic rings. The van der Waals surface area contributed by atoms with Crippen molar-refractivity contribution in [3.05, 3.63) is 54.0 Å². The molecule has 1 saturated heterocycles. The van der Waals surface area contributed by atoms with Crippen molar-refractivity contribution in [3.8, 4) is 6.07 Å². The number of anilines is 1. The Morgan fingerprint density at radius 3 is 2.69 bits per heavy atom. The van der Waals surface area contributed by atoms with Gasteiger partial charge in [-0.15, -0.1) is 0 Å². The van der Waals surface area contributed by atoms with Gasteiger partial charge in [-0.1, -0.05) is 37.6 Å². The van der Waals surface area contributed by atoms with Gasteiger partial charge in [0.1, 0.15) is 24.2 Å². The predicted octanol–water partition coefficient (Wildman–Crippen LogP) is 4.03. The Kier molecular flexibility index (Phi) is 9.07. The molecule has 10 nitrogen and oxygen atoms in total. The topological polar surface area (TPSA) is 125 Å². The van der Waals surface area contributed by atoms with Crippen molar-refractivity contribution in [2.24, 2.45) is 11.8 Å². The van der Waals surface area contributed by atoms with E-state index in [1.54, 1.807) is 9.47 Å². The van der Waals surface area contributed by atoms with Crippen LogP contribution in [0.25, 0.3) is 11.0 Å². The number of aromatic nitrogens is 3. The second-order valence-electron chi connectivity index (χ2n) is 11.9. The van der Waals surface area contributed by atoms with E-state index in [-0.39, 0.29) is 37.2 Å². The summed E-state index contributed by atoms with van der Waals surface area (Å²) in [6.45, 7) is 5.23. The van der Waals surface area contributed by atoms with Crippen LogP contribution in [-0.2, 0) is 27.5 Å². The summed E-state index contributed by atoms with van der Waals surface area (Å²) in [5.41, 5.74) is 2.73. The number of piperidine rings is 1. The van der Waals surface area contributed by atoms with E-state index in [4.69, 9.17) is 10.00 Å². The van der Waals surface area contributed by atoms with Gasteiger partial charge in [-0.3, -0.25) is 14.2 Å². The minimum Gasteiger partial charge on any atom is -0.443 e. The van der Waals surface area contributed by atoms with E-state index in [0.29, 0.717) is 30.6 Å². The first kappa shape index (κ1) is 29.5. The van der Waals surface area contributed by atoms with Crippen LogP contribution in [0.2, 0.25) is 0 Å². The zero-order chi connectivity index (χ0) is 29.8. The van der Waals surface area contributed by atoms with E-state index in [2.05, 4.69) is 21.8 Å². The number of aliphatic hydroxyl groups excluding tert-OH is 1. The molecule has 1 N–H and O–H groups in total. The number of likely N-dealkylation sites (tertiary alicyclic amines) is 1. The molecule has 1 aliphatic carbocycles. The van der Waals surface area contributed by atoms with E-state index in [9.17, 15) is 14.7 Å². The van der Waals surface area contributed by atoms with Gasteiger partial charge in [0.25, 0.3) is 0 Å². The highest BCUT2D eigenvalue weighted by atomic mass is 16.5. The molecule has 2 fully saturated rings. The Balaban J connectivity index is 1.22. The molecule has 1 amide bonds. The quantitative estimate of drug-likeness (QED) is 0.381. The number of nitrogens with zero attached hydrogens (tertiary/aromatic N) is 6. The summed E-state index contributed by atoms with van der Waals surface area (Å²) >= 11 is 0. The second-order valence-corrected chi connectivity index (χ2v) is 11.9. The monoisotopic (exact) mass is 572 g/mol. The lowest BCUT2D eigenvalue weighted by molar-refractivity contribution is -0.148. The molecule has 5 rings (SSSR count). The van der Waals surface area contributed by atoms with Gasteiger partial charge in [-0.05, 0) is 61.6 Å². The molecule has 42 heavy (non-hydrogen) atoms. The number of amides is 1. The number of esters is 1. The van der Waals surface area contributed by atoms with Gasteiger partial charge in [0, 0.05) is 26.3 Å². The Morgan fingerprint density at radius 1 is 1.19 bits per heavy atom. The highest BCUT2D eigenvalue weighted by molar-refractivity contribution is 5.88. The van der Waals surface area contributed by atoms with Gasteiger partial charge in [0.05, 0.1) is 29.5 Å². The van der Waals surface area contributed by atoms with Gasteiger partial charge in [0.2, 0.25) is 5.91 Å². The summed E-state index contributed by atoms with van der Waals surface area (Å²) in [6.07, 6.45) is 7.76. The van der Waals surface area contributed by atoms with E-state index in [0.717, 1.165) is 48.9 Å². The molecule has 5 atom stereocenters. The van der Waals surface area contributed by atoms with Crippen LogP contribution in [0.1, 0.15) is 63.0 Å². The molecule has 0 bridgehead atoms. The Morgan fingerprint density at radius 2 is 1.98 bits per heavy atom. The van der Waals surface area contributed by atoms with Crippen molar-refractivity contribution in [1.29, 1.82) is 5.26 Å². The van der Waals surface area contributed by atoms with Crippen molar-refractivity contribution < 1.29 is 19.4 Å². The van der Waals surface area contributed by atoms with Gasteiger partial charge in [-0.25, -0.2) is 9.97 Å². The average Bonchev–Trinajstić information content (AvgIpc) is 3.61. The lowest BCUT2D eigenvalue weighted by atomic mass is 9.92. The maximum absolute atomic E-state index is 13.0. The lowest BCUT2D eigenvalue weighted by Gasteiger charge is -2.42. The average molecular weight is 573 g/mol. The number of nitriles is 1. The summed E-state index contributed by atoms with van der Waals surface area (Å²) in [5.74, 6) is 0.513. The first-order valence-electron chi connectivity index (χ1n) is 14.9. The van der Waals surface area contributed by atoms with Crippen LogP contribution in [-0.4, -0.2) is 68.7 Å². The highest BCUT2D eigenvalue weighted by Crippen LogP contribution is 2.31. The molecule has 3 unspecified atom stereocenters. The zero-order valence-corrected chi connectivity index (χ0v) is 24.6. The standard InChI is InChI=1S/C32H40N6O4/c1-21-12-15-37(29(40)11-14-33)18-27(21)36(3)30-26-13-16-38(31(26)35-19-34-30)20-42-32(41)22(2)24-9-7-23(8-10-24)17-25-5-4-6-28(25)39/h7-10,13,16,19,21-22,25,27-28,39H,4-6,11-12,15,17-18,20H2,1-3H3/t21-,22?,25?,27+,28?/m1/s1. The number of ether oxygens (including phenoxy) is 1. The smallest absolute Gasteiger partial charge is 0.314 e. The molecule has 1 saturated carbocycles. The van der Waals surface area contributed by atoms with Crippen molar-refractivity contribution in [2.75, 3.05) is 25.0 Å². The Hall–Kier alpha value is -3.97. The van der Waals surface area contributed by atoms with Crippen LogP contribution in [0.15, 0.2) is 42.9 Å². The van der Waals surface area contributed by atoms with E-state index in [1.165, 1.54) is 11.9 Å². The Labute approximate surface area is 246 Å². The van der Waals surface area contributed by atoms with Crippen LogP contribution in [0, 0.1) is 23.2 Å². The van der Waals surface area contributed by atoms with Crippen molar-refractivity contribution in [2.45, 2.75) is 77.2 Å². The maximum atomic E-state index is 13.0. The predicted molar refractivity (Wildman–Crippen MR) is 158 cm³/mol. The summed E-state index contributed by atoms with van der Waals surface area (Å²) in [5, 5.41) is 19.9. The molecular weight excluding hydrogens is 532 g/mol. The number of hydrogen-bond donors (Lipinski definition) is 1. The third-order valence-electron chi connectivity index (χ3n) is 9.16. The first-order chi connectivity index (χ1) is 20.3. The number of benzene rings is 1. The largest absolute Gasteiger partial charge is 0.443 e. The third kappa shape index (κ3) is 6.26. The number of likely N-dealkylation sites (N-methyl/N-ethyl adjacent to an activating group) is 1. The molecule has 1 aliphatic heterocycles. The molecule has 1 aromatic carbocycles. The Bertz CT molecular complexity index is 1450. The van der Waals surface area contributed by atoms with Gasteiger partial charge >= 0.3 is 5.97 Å². The molecule has 0 spiro atoms. The summed E-state index contributed by atoms with van der Waals surface area (Å²) in [4.78, 5) is 38.3. The van der Waals surface area contributed by atoms with Gasteiger partial charge in [-0.2, -0.15) is 5.26 Å². The van der Waals surface area contributed by atoms with E-state index >= 15 is 0 Å². The van der Waals surface area contributed by atoms with Crippen molar-refractivity contribution in [1.82, 2.24) is 19.4 Å². The number of rotatable bonds is 9. The van der Waals surface area contributed by atoms with Crippen LogP contribution < -0.4 is 4.90 Å². The van der Waals surface area contributed by atoms with Crippen LogP contribution in [0.3, 0.4) is 0 Å². The number of hydrogen-bond acceptors (Lipinski definition) is 8. The fourth-order valence-corrected chi connectivity index (χ4v) is 6.39. The SMILES string of the molecule is CC(C(=O)OCn1ccc2c(N(C)[C@H]3CN(C(=O)CC#N)CC[C@H]3C)ncnc21)c1ccc(CC2CCCC2O)cc1. The highest BCUT2D eigenvalue weighted by Gasteiger charge is 2.33. The zero-order valence-electron chi connectivity index (χ0n) is 24.6. The summed E-state index contributed by atoms with van der Waals surface area (Å²) in [7, 11) is 1.97. The minimum absolute atomic E-state index is 0.0285. The fraction of sp³-hybridized carbons (Fsp3) is 0.531. The van der Waals surface area contributed by atoms with E-state index in [1.807, 2.05) is 56.6 Å². The molecule has 10 heteroatoms. The van der Waals surface area contributed by atoms with Crippen LogP contribution in [0.4, 0.5) is 5.82 Å². The number of carbonyl (C=O) groups excluding carboxylic acids is 2. The molecule has 2 aliphatic rings. The van der Waals surface area contributed by atoms with Crippen molar-refractivity contribution >= 4 is 28.7 Å². The van der Waals surface area contributed by atoms with Crippen molar-refractivity contribution in [3.63, 3.8) is 0 Å². The molecular formula is C32H40N6O4. The normalized spacial score (nSPS) is 23.0. The fourth-order valence-electron chi connectivity index (χ4n) is 6.39. The van der Waals surface area contributed by atoms with Gasteiger partial charge < -0.3 is 19.6 Å². The number of aliphatic hydroxyl groups is 1. The lowest BCUT2D eigenvalue weighted by Crippen LogP contribution is -2.52. The van der Waals surface area contributed by atoms with Crippen LogP contribution in [0.5, 0.6) is 0 Å². The van der Waals surface area contributed by atoms with Gasteiger partial charge in [0.15, 0.2) is 6.73 Å². The molecule has 222 valence electrons.